The molecule has 0 aliphatic heterocycles. The van der Waals surface area contributed by atoms with E-state index in [1.165, 1.54) is 12.1 Å². The minimum Gasteiger partial charge on any atom is -0.355 e. The van der Waals surface area contributed by atoms with Crippen molar-refractivity contribution in [2.75, 3.05) is 6.26 Å². The summed E-state index contributed by atoms with van der Waals surface area (Å²) in [5, 5.41) is 9.20. The van der Waals surface area contributed by atoms with Crippen molar-refractivity contribution in [3.05, 3.63) is 107 Å². The van der Waals surface area contributed by atoms with Crippen molar-refractivity contribution in [3.8, 4) is 11.3 Å². The number of nitrogens with one attached hydrogen (secondary N) is 2. The van der Waals surface area contributed by atoms with Crippen molar-refractivity contribution in [1.82, 2.24) is 15.8 Å². The zero-order chi connectivity index (χ0) is 28.0. The molecule has 0 fully saturated rings. The second-order valence-electron chi connectivity index (χ2n) is 9.02. The van der Waals surface area contributed by atoms with Crippen LogP contribution < -0.4 is 10.6 Å². The van der Waals surface area contributed by atoms with Crippen LogP contribution in [0.5, 0.6) is 0 Å². The van der Waals surface area contributed by atoms with E-state index < -0.39 is 33.5 Å². The second-order valence-corrected chi connectivity index (χ2v) is 11.0. The van der Waals surface area contributed by atoms with Crippen LogP contribution in [-0.4, -0.2) is 43.5 Å². The molecule has 0 saturated carbocycles. The smallest absolute Gasteiger partial charge is 0.289 e. The summed E-state index contributed by atoms with van der Waals surface area (Å²) < 4.78 is 28.7. The monoisotopic (exact) mass is 545 g/mol. The molecule has 1 aromatic heterocycles. The highest BCUT2D eigenvalue weighted by molar-refractivity contribution is 7.90. The first kappa shape index (κ1) is 27.5. The predicted octanol–water partition coefficient (Wildman–Crippen LogP) is 3.28. The maximum atomic E-state index is 13.4. The van der Waals surface area contributed by atoms with E-state index in [2.05, 4.69) is 15.8 Å². The number of nitrogens with zero attached hydrogens (tertiary/aromatic N) is 1. The van der Waals surface area contributed by atoms with Gasteiger partial charge < -0.3 is 15.2 Å². The molecular weight excluding hydrogens is 518 g/mol. The number of aryl methyl sites for hydroxylation is 1. The Morgan fingerprint density at radius 2 is 1.49 bits per heavy atom. The maximum absolute atomic E-state index is 13.4. The molecule has 2 amide bonds. The van der Waals surface area contributed by atoms with Crippen molar-refractivity contribution < 1.29 is 27.3 Å². The number of Topliss-reactive ketones (excluding diaryl/α,β-unsaturated/α-hetero) is 1. The lowest BCUT2D eigenvalue weighted by Crippen LogP contribution is -2.48. The Hall–Kier alpha value is -4.57. The fourth-order valence-electron chi connectivity index (χ4n) is 4.00. The van der Waals surface area contributed by atoms with E-state index in [1.54, 1.807) is 67.6 Å². The van der Waals surface area contributed by atoms with Gasteiger partial charge in [0.1, 0.15) is 11.6 Å². The quantitative estimate of drug-likeness (QED) is 0.292. The number of aromatic nitrogens is 1. The van der Waals surface area contributed by atoms with Crippen molar-refractivity contribution in [2.24, 2.45) is 0 Å². The number of ketones is 1. The van der Waals surface area contributed by atoms with Gasteiger partial charge in [-0.05, 0) is 30.2 Å². The molecule has 200 valence electrons. The average Bonchev–Trinajstić information content (AvgIpc) is 3.33. The van der Waals surface area contributed by atoms with E-state index in [-0.39, 0.29) is 29.2 Å². The van der Waals surface area contributed by atoms with Gasteiger partial charge in [0.25, 0.3) is 11.8 Å². The van der Waals surface area contributed by atoms with Crippen LogP contribution >= 0.6 is 0 Å². The molecule has 0 spiro atoms. The molecule has 1 heterocycles. The number of sulfone groups is 1. The van der Waals surface area contributed by atoms with Crippen LogP contribution in [-0.2, 0) is 32.4 Å². The van der Waals surface area contributed by atoms with E-state index in [1.807, 2.05) is 12.1 Å². The van der Waals surface area contributed by atoms with E-state index in [4.69, 9.17) is 4.52 Å². The summed E-state index contributed by atoms with van der Waals surface area (Å²) in [4.78, 5) is 39.7. The molecule has 10 heteroatoms. The summed E-state index contributed by atoms with van der Waals surface area (Å²) in [5.74, 6) is -2.03. The molecular formula is C29H27N3O6S. The number of hydrogen-bond acceptors (Lipinski definition) is 7. The number of carbonyl (C=O) groups excluding carboxylic acids is 3. The summed E-state index contributed by atoms with van der Waals surface area (Å²) >= 11 is 0. The molecule has 0 radical (unpaired) electrons. The van der Waals surface area contributed by atoms with Crippen molar-refractivity contribution >= 4 is 27.4 Å². The Kier molecular flexibility index (Phi) is 8.36. The lowest BCUT2D eigenvalue weighted by molar-refractivity contribution is -0.139. The number of carbonyl (C=O) groups is 3. The van der Waals surface area contributed by atoms with Gasteiger partial charge in [-0.2, -0.15) is 0 Å². The predicted molar refractivity (Wildman–Crippen MR) is 144 cm³/mol. The molecule has 0 bridgehead atoms. The summed E-state index contributed by atoms with van der Waals surface area (Å²) in [6.07, 6.45) is 1.19. The minimum atomic E-state index is -3.35. The van der Waals surface area contributed by atoms with Crippen LogP contribution in [0.3, 0.4) is 0 Å². The van der Waals surface area contributed by atoms with Crippen LogP contribution in [0, 0.1) is 6.92 Å². The summed E-state index contributed by atoms with van der Waals surface area (Å²) in [6, 6.07) is 22.8. The molecule has 0 aliphatic carbocycles. The molecule has 4 aromatic rings. The van der Waals surface area contributed by atoms with Gasteiger partial charge in [-0.25, -0.2) is 8.42 Å². The molecule has 0 aliphatic rings. The molecule has 0 unspecified atom stereocenters. The van der Waals surface area contributed by atoms with Crippen LogP contribution in [0.25, 0.3) is 11.3 Å². The summed E-state index contributed by atoms with van der Waals surface area (Å²) in [6.45, 7) is 1.63. The molecule has 9 nitrogen and oxygen atoms in total. The van der Waals surface area contributed by atoms with Crippen LogP contribution in [0.1, 0.15) is 27.2 Å². The van der Waals surface area contributed by atoms with Crippen LogP contribution in [0.4, 0.5) is 0 Å². The average molecular weight is 546 g/mol. The number of amides is 2. The van der Waals surface area contributed by atoms with Crippen molar-refractivity contribution in [1.29, 1.82) is 0 Å². The Labute approximate surface area is 226 Å². The Bertz CT molecular complexity index is 1580. The van der Waals surface area contributed by atoms with Gasteiger partial charge in [0.05, 0.1) is 10.6 Å². The highest BCUT2D eigenvalue weighted by atomic mass is 32.2. The molecule has 3 aromatic carbocycles. The first-order valence-corrected chi connectivity index (χ1v) is 14.0. The second kappa shape index (κ2) is 11.9. The zero-order valence-corrected chi connectivity index (χ0v) is 22.2. The Morgan fingerprint density at radius 1 is 0.872 bits per heavy atom. The van der Waals surface area contributed by atoms with Gasteiger partial charge in [-0.15, -0.1) is 0 Å². The normalized spacial score (nSPS) is 11.9. The van der Waals surface area contributed by atoms with Gasteiger partial charge in [0.15, 0.2) is 15.6 Å². The number of hydrogen-bond donors (Lipinski definition) is 2. The van der Waals surface area contributed by atoms with Gasteiger partial charge in [-0.1, -0.05) is 78.0 Å². The largest absolute Gasteiger partial charge is 0.355 e. The molecule has 4 rings (SSSR count). The lowest BCUT2D eigenvalue weighted by atomic mass is 10.00. The van der Waals surface area contributed by atoms with Gasteiger partial charge in [0, 0.05) is 24.8 Å². The van der Waals surface area contributed by atoms with Crippen molar-refractivity contribution in [3.63, 3.8) is 0 Å². The third-order valence-corrected chi connectivity index (χ3v) is 7.19. The highest BCUT2D eigenvalue weighted by Gasteiger charge is 2.30. The lowest BCUT2D eigenvalue weighted by Gasteiger charge is -2.18. The first-order valence-electron chi connectivity index (χ1n) is 12.1. The molecule has 1 atom stereocenters. The maximum Gasteiger partial charge on any atom is 0.289 e. The summed E-state index contributed by atoms with van der Waals surface area (Å²) in [7, 11) is -3.35. The van der Waals surface area contributed by atoms with Crippen LogP contribution in [0.2, 0.25) is 0 Å². The molecule has 39 heavy (non-hydrogen) atoms. The van der Waals surface area contributed by atoms with E-state index >= 15 is 0 Å². The fourth-order valence-corrected chi connectivity index (χ4v) is 4.63. The van der Waals surface area contributed by atoms with Crippen molar-refractivity contribution in [2.45, 2.75) is 30.8 Å². The van der Waals surface area contributed by atoms with Gasteiger partial charge >= 0.3 is 0 Å². The third-order valence-electron chi connectivity index (χ3n) is 6.06. The number of rotatable bonds is 10. The van der Waals surface area contributed by atoms with E-state index in [9.17, 15) is 22.8 Å². The van der Waals surface area contributed by atoms with E-state index in [0.717, 1.165) is 11.8 Å². The standard InChI is InChI=1S/C29H27N3O6S/c1-19-25(27(38-32-19)22-11-7-4-8-12-22)28(34)31-24(17-20-9-5-3-6-10-20)26(33)29(35)30-18-21-13-15-23(16-14-21)39(2,36)37/h3-16,24H,17-18H2,1-2H3,(H,30,35)(H,31,34)/t24-/m0/s1. The fraction of sp³-hybridized carbons (Fsp3) is 0.172. The van der Waals surface area contributed by atoms with Gasteiger partial charge in [-0.3, -0.25) is 14.4 Å². The first-order chi connectivity index (χ1) is 18.6. The molecule has 2 N–H and O–H groups in total. The van der Waals surface area contributed by atoms with Gasteiger partial charge in [0.2, 0.25) is 5.78 Å². The third kappa shape index (κ3) is 6.85. The van der Waals surface area contributed by atoms with E-state index in [0.29, 0.717) is 16.8 Å². The molecule has 0 saturated heterocycles. The Morgan fingerprint density at radius 3 is 2.10 bits per heavy atom. The minimum absolute atomic E-state index is 0.00350. The number of benzene rings is 3. The Balaban J connectivity index is 1.52. The SMILES string of the molecule is Cc1noc(-c2ccccc2)c1C(=O)N[C@@H](Cc1ccccc1)C(=O)C(=O)NCc1ccc(S(C)(=O)=O)cc1. The summed E-state index contributed by atoms with van der Waals surface area (Å²) in [5.41, 5.74) is 2.54. The topological polar surface area (TPSA) is 135 Å². The van der Waals surface area contributed by atoms with Crippen LogP contribution in [0.15, 0.2) is 94.3 Å². The zero-order valence-electron chi connectivity index (χ0n) is 21.4. The highest BCUT2D eigenvalue weighted by Crippen LogP contribution is 2.26.